The maximum absolute atomic E-state index is 13.7. The van der Waals surface area contributed by atoms with E-state index in [9.17, 15) is 9.59 Å². The van der Waals surface area contributed by atoms with Gasteiger partial charge in [0, 0.05) is 44.2 Å². The van der Waals surface area contributed by atoms with Gasteiger partial charge >= 0.3 is 0 Å². The van der Waals surface area contributed by atoms with Gasteiger partial charge in [0.25, 0.3) is 5.91 Å². The second-order valence-corrected chi connectivity index (χ2v) is 12.3. The number of aromatic nitrogens is 2. The predicted molar refractivity (Wildman–Crippen MR) is 159 cm³/mol. The quantitative estimate of drug-likeness (QED) is 0.334. The first-order valence-corrected chi connectivity index (χ1v) is 15.3. The maximum Gasteiger partial charge on any atom is 0.253 e. The summed E-state index contributed by atoms with van der Waals surface area (Å²) in [5.41, 5.74) is 2.66. The number of nitrogens with zero attached hydrogens (tertiary/aromatic N) is 4. The number of likely N-dealkylation sites (tertiary alicyclic amines) is 1. The van der Waals surface area contributed by atoms with Crippen LogP contribution in [0.25, 0.3) is 11.0 Å². The summed E-state index contributed by atoms with van der Waals surface area (Å²) in [5.74, 6) is 2.32. The third-order valence-corrected chi connectivity index (χ3v) is 8.23. The van der Waals surface area contributed by atoms with Crippen molar-refractivity contribution >= 4 is 28.8 Å². The highest BCUT2D eigenvalue weighted by molar-refractivity contribution is 5.97. The SMILES string of the molecule is CC(C)CCN(CCC(C)C)C(=O)c1ccc2nc(NCCC3CCNC3=O)n(CCCN3CCCC3)c2c1. The minimum atomic E-state index is 0.0809. The molecule has 3 heterocycles. The van der Waals surface area contributed by atoms with Gasteiger partial charge in [0.15, 0.2) is 0 Å². The number of anilines is 1. The van der Waals surface area contributed by atoms with Crippen LogP contribution in [0.4, 0.5) is 5.95 Å². The molecule has 2 amide bonds. The lowest BCUT2D eigenvalue weighted by molar-refractivity contribution is -0.122. The van der Waals surface area contributed by atoms with Gasteiger partial charge in [-0.3, -0.25) is 9.59 Å². The number of nitrogens with one attached hydrogen (secondary N) is 2. The zero-order valence-electron chi connectivity index (χ0n) is 24.7. The van der Waals surface area contributed by atoms with E-state index in [4.69, 9.17) is 4.98 Å². The van der Waals surface area contributed by atoms with Gasteiger partial charge in [0.05, 0.1) is 11.0 Å². The van der Waals surface area contributed by atoms with Crippen LogP contribution >= 0.6 is 0 Å². The van der Waals surface area contributed by atoms with Crippen molar-refractivity contribution < 1.29 is 9.59 Å². The number of rotatable bonds is 15. The van der Waals surface area contributed by atoms with Crippen LogP contribution in [0, 0.1) is 17.8 Å². The Labute approximate surface area is 234 Å². The van der Waals surface area contributed by atoms with E-state index in [1.54, 1.807) is 0 Å². The van der Waals surface area contributed by atoms with Crippen LogP contribution in [0.5, 0.6) is 0 Å². The first kappa shape index (κ1) is 29.4. The molecular weight excluding hydrogens is 488 g/mol. The molecule has 1 aromatic heterocycles. The van der Waals surface area contributed by atoms with Gasteiger partial charge in [0.1, 0.15) is 0 Å². The summed E-state index contributed by atoms with van der Waals surface area (Å²) in [6.07, 6.45) is 7.35. The monoisotopic (exact) mass is 538 g/mol. The van der Waals surface area contributed by atoms with Gasteiger partial charge in [-0.25, -0.2) is 4.98 Å². The Morgan fingerprint density at radius 1 is 1.10 bits per heavy atom. The van der Waals surface area contributed by atoms with E-state index in [1.165, 1.54) is 25.9 Å². The summed E-state index contributed by atoms with van der Waals surface area (Å²) in [7, 11) is 0. The van der Waals surface area contributed by atoms with Crippen molar-refractivity contribution in [3.63, 3.8) is 0 Å². The molecular formula is C31H50N6O2. The van der Waals surface area contributed by atoms with E-state index in [0.717, 1.165) is 87.4 Å². The average molecular weight is 539 g/mol. The van der Waals surface area contributed by atoms with Crippen molar-refractivity contribution in [1.29, 1.82) is 0 Å². The number of hydrogen-bond donors (Lipinski definition) is 2. The Balaban J connectivity index is 1.53. The van der Waals surface area contributed by atoms with Crippen LogP contribution in [-0.4, -0.2) is 77.0 Å². The fraction of sp³-hybridized carbons (Fsp3) is 0.710. The zero-order chi connectivity index (χ0) is 27.8. The lowest BCUT2D eigenvalue weighted by atomic mass is 10.0. The Morgan fingerprint density at radius 2 is 1.82 bits per heavy atom. The van der Waals surface area contributed by atoms with Crippen LogP contribution in [0.1, 0.15) is 83.0 Å². The standard InChI is InChI=1S/C31H50N6O2/c1-23(2)12-20-36(21-13-24(3)4)30(39)26-8-9-27-28(22-26)37(19-7-18-35-16-5-6-17-35)31(34-27)33-15-11-25-10-14-32-29(25)38/h8-9,22-25H,5-7,10-21H2,1-4H3,(H,32,38)(H,33,34). The molecule has 216 valence electrons. The molecule has 0 aliphatic carbocycles. The molecule has 2 aromatic rings. The second kappa shape index (κ2) is 14.1. The molecule has 1 aromatic carbocycles. The fourth-order valence-corrected chi connectivity index (χ4v) is 5.68. The van der Waals surface area contributed by atoms with Crippen LogP contribution in [0.3, 0.4) is 0 Å². The first-order chi connectivity index (χ1) is 18.8. The molecule has 0 saturated carbocycles. The van der Waals surface area contributed by atoms with Crippen LogP contribution in [0.15, 0.2) is 18.2 Å². The molecule has 0 radical (unpaired) electrons. The number of fused-ring (bicyclic) bond motifs is 1. The summed E-state index contributed by atoms with van der Waals surface area (Å²) in [5, 5.41) is 6.46. The topological polar surface area (TPSA) is 82.5 Å². The molecule has 1 unspecified atom stereocenters. The summed E-state index contributed by atoms with van der Waals surface area (Å²) < 4.78 is 2.25. The number of benzene rings is 1. The zero-order valence-corrected chi connectivity index (χ0v) is 24.7. The molecule has 2 fully saturated rings. The third-order valence-electron chi connectivity index (χ3n) is 8.23. The number of hydrogen-bond acceptors (Lipinski definition) is 5. The smallest absolute Gasteiger partial charge is 0.253 e. The number of carbonyl (C=O) groups excluding carboxylic acids is 2. The van der Waals surface area contributed by atoms with Gasteiger partial charge in [0.2, 0.25) is 11.9 Å². The minimum absolute atomic E-state index is 0.0809. The van der Waals surface area contributed by atoms with Crippen LogP contribution in [0.2, 0.25) is 0 Å². The highest BCUT2D eigenvalue weighted by Crippen LogP contribution is 2.24. The van der Waals surface area contributed by atoms with E-state index >= 15 is 0 Å². The lowest BCUT2D eigenvalue weighted by Gasteiger charge is -2.25. The van der Waals surface area contributed by atoms with Crippen molar-refractivity contribution in [3.05, 3.63) is 23.8 Å². The van der Waals surface area contributed by atoms with E-state index < -0.39 is 0 Å². The van der Waals surface area contributed by atoms with Crippen molar-refractivity contribution in [3.8, 4) is 0 Å². The molecule has 39 heavy (non-hydrogen) atoms. The number of imidazole rings is 1. The maximum atomic E-state index is 13.7. The van der Waals surface area contributed by atoms with E-state index in [1.807, 2.05) is 23.1 Å². The second-order valence-electron chi connectivity index (χ2n) is 12.3. The summed E-state index contributed by atoms with van der Waals surface area (Å²) in [6, 6.07) is 5.99. The predicted octanol–water partition coefficient (Wildman–Crippen LogP) is 4.99. The number of aryl methyl sites for hydroxylation is 1. The van der Waals surface area contributed by atoms with Gasteiger partial charge in [-0.2, -0.15) is 0 Å². The molecule has 0 spiro atoms. The van der Waals surface area contributed by atoms with E-state index in [0.29, 0.717) is 18.4 Å². The molecule has 8 nitrogen and oxygen atoms in total. The fourth-order valence-electron chi connectivity index (χ4n) is 5.68. The van der Waals surface area contributed by atoms with Gasteiger partial charge in [-0.15, -0.1) is 0 Å². The summed E-state index contributed by atoms with van der Waals surface area (Å²) in [6.45, 7) is 16.2. The Kier molecular flexibility index (Phi) is 10.7. The Morgan fingerprint density at radius 3 is 2.46 bits per heavy atom. The molecule has 0 bridgehead atoms. The highest BCUT2D eigenvalue weighted by atomic mass is 16.2. The largest absolute Gasteiger partial charge is 0.356 e. The normalized spacial score (nSPS) is 18.0. The Hall–Kier alpha value is -2.61. The lowest BCUT2D eigenvalue weighted by Crippen LogP contribution is -2.34. The van der Waals surface area contributed by atoms with Gasteiger partial charge in [-0.05, 0) is 94.6 Å². The molecule has 1 atom stereocenters. The van der Waals surface area contributed by atoms with Gasteiger partial charge in [-0.1, -0.05) is 27.7 Å². The first-order valence-electron chi connectivity index (χ1n) is 15.3. The Bertz CT molecular complexity index is 1080. The molecule has 2 saturated heterocycles. The number of carbonyl (C=O) groups is 2. The summed E-state index contributed by atoms with van der Waals surface area (Å²) in [4.78, 5) is 35.2. The van der Waals surface area contributed by atoms with Crippen molar-refractivity contribution in [2.75, 3.05) is 51.1 Å². The molecule has 2 N–H and O–H groups in total. The molecule has 2 aliphatic heterocycles. The van der Waals surface area contributed by atoms with Crippen molar-refractivity contribution in [2.24, 2.45) is 17.8 Å². The highest BCUT2D eigenvalue weighted by Gasteiger charge is 2.24. The van der Waals surface area contributed by atoms with E-state index in [2.05, 4.69) is 47.8 Å². The molecule has 4 rings (SSSR count). The average Bonchev–Trinajstić information content (AvgIpc) is 3.64. The summed E-state index contributed by atoms with van der Waals surface area (Å²) >= 11 is 0. The minimum Gasteiger partial charge on any atom is -0.356 e. The van der Waals surface area contributed by atoms with Crippen LogP contribution in [-0.2, 0) is 11.3 Å². The molecule has 2 aliphatic rings. The third kappa shape index (κ3) is 8.19. The van der Waals surface area contributed by atoms with Crippen LogP contribution < -0.4 is 10.6 Å². The number of amides is 2. The van der Waals surface area contributed by atoms with E-state index in [-0.39, 0.29) is 17.7 Å². The van der Waals surface area contributed by atoms with Gasteiger partial charge < -0.3 is 25.0 Å². The van der Waals surface area contributed by atoms with Crippen molar-refractivity contribution in [2.45, 2.75) is 79.2 Å². The molecule has 8 heteroatoms. The van der Waals surface area contributed by atoms with Crippen molar-refractivity contribution in [1.82, 2.24) is 24.7 Å².